The normalized spacial score (nSPS) is 17.1. The molecule has 0 bridgehead atoms. The van der Waals surface area contributed by atoms with E-state index in [1.165, 1.54) is 0 Å². The van der Waals surface area contributed by atoms with Crippen molar-refractivity contribution >= 4 is 11.9 Å². The topological polar surface area (TPSA) is 70.5 Å². The van der Waals surface area contributed by atoms with Gasteiger partial charge in [-0.3, -0.25) is 9.78 Å². The van der Waals surface area contributed by atoms with Gasteiger partial charge in [0, 0.05) is 30.3 Å². The number of likely N-dealkylation sites (tertiary alicyclic amines) is 1. The van der Waals surface area contributed by atoms with Gasteiger partial charge in [0.1, 0.15) is 0 Å². The first kappa shape index (κ1) is 19.1. The summed E-state index contributed by atoms with van der Waals surface area (Å²) in [5, 5.41) is 9.12. The third-order valence-electron chi connectivity index (χ3n) is 4.97. The second-order valence-electron chi connectivity index (χ2n) is 8.30. The SMILES string of the molecule is CC(C)(C)C(=O)N1CC[C@H](Cc2ccc(-c3cccc(C(=O)O)c3)nc2)C1. The minimum Gasteiger partial charge on any atom is -0.478 e. The van der Waals surface area contributed by atoms with E-state index in [0.29, 0.717) is 5.92 Å². The quantitative estimate of drug-likeness (QED) is 0.891. The van der Waals surface area contributed by atoms with Crippen LogP contribution in [0.5, 0.6) is 0 Å². The maximum absolute atomic E-state index is 12.4. The van der Waals surface area contributed by atoms with Crippen LogP contribution in [0.3, 0.4) is 0 Å². The van der Waals surface area contributed by atoms with Gasteiger partial charge in [0.25, 0.3) is 0 Å². The second kappa shape index (κ2) is 7.51. The zero-order chi connectivity index (χ0) is 19.6. The zero-order valence-corrected chi connectivity index (χ0v) is 16.1. The van der Waals surface area contributed by atoms with Crippen molar-refractivity contribution < 1.29 is 14.7 Å². The van der Waals surface area contributed by atoms with E-state index in [2.05, 4.69) is 4.98 Å². The minimum atomic E-state index is -0.941. The molecule has 0 saturated carbocycles. The molecule has 1 aromatic carbocycles. The van der Waals surface area contributed by atoms with Crippen LogP contribution in [0.2, 0.25) is 0 Å². The number of carboxylic acids is 1. The summed E-state index contributed by atoms with van der Waals surface area (Å²) in [5.74, 6) is -0.264. The van der Waals surface area contributed by atoms with Crippen molar-refractivity contribution in [2.75, 3.05) is 13.1 Å². The molecular weight excluding hydrogens is 340 g/mol. The van der Waals surface area contributed by atoms with Gasteiger partial charge in [-0.2, -0.15) is 0 Å². The Morgan fingerprint density at radius 3 is 2.63 bits per heavy atom. The molecule has 142 valence electrons. The van der Waals surface area contributed by atoms with Gasteiger partial charge in [0.05, 0.1) is 11.3 Å². The lowest BCUT2D eigenvalue weighted by molar-refractivity contribution is -0.138. The molecule has 3 rings (SSSR count). The van der Waals surface area contributed by atoms with E-state index in [9.17, 15) is 9.59 Å². The van der Waals surface area contributed by atoms with Gasteiger partial charge in [-0.25, -0.2) is 4.79 Å². The van der Waals surface area contributed by atoms with Crippen LogP contribution < -0.4 is 0 Å². The predicted molar refractivity (Wildman–Crippen MR) is 104 cm³/mol. The van der Waals surface area contributed by atoms with E-state index in [0.717, 1.165) is 42.8 Å². The van der Waals surface area contributed by atoms with Crippen LogP contribution in [0.25, 0.3) is 11.3 Å². The third kappa shape index (κ3) is 4.54. The predicted octanol–water partition coefficient (Wildman–Crippen LogP) is 3.88. The summed E-state index contributed by atoms with van der Waals surface area (Å²) in [7, 11) is 0. The number of hydrogen-bond acceptors (Lipinski definition) is 3. The third-order valence-corrected chi connectivity index (χ3v) is 4.97. The van der Waals surface area contributed by atoms with Gasteiger partial charge >= 0.3 is 5.97 Å². The van der Waals surface area contributed by atoms with Gasteiger partial charge in [-0.15, -0.1) is 0 Å². The number of carbonyl (C=O) groups excluding carboxylic acids is 1. The summed E-state index contributed by atoms with van der Waals surface area (Å²) in [4.78, 5) is 30.0. The second-order valence-corrected chi connectivity index (χ2v) is 8.30. The summed E-state index contributed by atoms with van der Waals surface area (Å²) in [6.45, 7) is 7.52. The smallest absolute Gasteiger partial charge is 0.335 e. The molecule has 27 heavy (non-hydrogen) atoms. The van der Waals surface area contributed by atoms with E-state index in [4.69, 9.17) is 5.11 Å². The molecule has 0 unspecified atom stereocenters. The van der Waals surface area contributed by atoms with Gasteiger partial charge in [-0.1, -0.05) is 39.0 Å². The molecule has 1 aromatic heterocycles. The fourth-order valence-corrected chi connectivity index (χ4v) is 3.52. The van der Waals surface area contributed by atoms with E-state index in [1.807, 2.05) is 50.1 Å². The Morgan fingerprint density at radius 1 is 1.22 bits per heavy atom. The first-order valence-electron chi connectivity index (χ1n) is 9.32. The summed E-state index contributed by atoms with van der Waals surface area (Å²) in [5.41, 5.74) is 2.63. The Kier molecular flexibility index (Phi) is 5.31. The molecule has 0 aliphatic carbocycles. The molecule has 1 fully saturated rings. The summed E-state index contributed by atoms with van der Waals surface area (Å²) < 4.78 is 0. The lowest BCUT2D eigenvalue weighted by Gasteiger charge is -2.25. The van der Waals surface area contributed by atoms with E-state index in [-0.39, 0.29) is 16.9 Å². The van der Waals surface area contributed by atoms with E-state index < -0.39 is 5.97 Å². The van der Waals surface area contributed by atoms with Crippen LogP contribution in [0.15, 0.2) is 42.6 Å². The molecule has 5 nitrogen and oxygen atoms in total. The maximum atomic E-state index is 12.4. The number of aromatic carboxylic acids is 1. The first-order chi connectivity index (χ1) is 12.7. The lowest BCUT2D eigenvalue weighted by atomic mass is 9.95. The van der Waals surface area contributed by atoms with Crippen LogP contribution in [0.1, 0.15) is 43.1 Å². The molecule has 0 radical (unpaired) electrons. The number of benzene rings is 1. The monoisotopic (exact) mass is 366 g/mol. The number of rotatable bonds is 4. The standard InChI is InChI=1S/C22H26N2O3/c1-22(2,3)21(27)24-10-9-16(14-24)11-15-7-8-19(23-13-15)17-5-4-6-18(12-17)20(25)26/h4-8,12-13,16H,9-11,14H2,1-3H3,(H,25,26)/t16-/m1/s1. The van der Waals surface area contributed by atoms with Crippen molar-refractivity contribution in [2.24, 2.45) is 11.3 Å². The van der Waals surface area contributed by atoms with Gasteiger partial charge < -0.3 is 10.0 Å². The van der Waals surface area contributed by atoms with Crippen LogP contribution in [-0.2, 0) is 11.2 Å². The highest BCUT2D eigenvalue weighted by Gasteiger charge is 2.32. The van der Waals surface area contributed by atoms with Crippen molar-refractivity contribution in [3.05, 3.63) is 53.7 Å². The first-order valence-corrected chi connectivity index (χ1v) is 9.32. The lowest BCUT2D eigenvalue weighted by Crippen LogP contribution is -2.38. The van der Waals surface area contributed by atoms with E-state index in [1.54, 1.807) is 18.2 Å². The highest BCUT2D eigenvalue weighted by molar-refractivity contribution is 5.89. The van der Waals surface area contributed by atoms with E-state index >= 15 is 0 Å². The highest BCUT2D eigenvalue weighted by Crippen LogP contribution is 2.26. The van der Waals surface area contributed by atoms with Gasteiger partial charge in [0.2, 0.25) is 5.91 Å². The molecule has 1 saturated heterocycles. The fourth-order valence-electron chi connectivity index (χ4n) is 3.52. The van der Waals surface area contributed by atoms with Crippen molar-refractivity contribution in [2.45, 2.75) is 33.6 Å². The number of aromatic nitrogens is 1. The number of carboxylic acid groups (broad SMARTS) is 1. The van der Waals surface area contributed by atoms with Crippen molar-refractivity contribution in [1.82, 2.24) is 9.88 Å². The Morgan fingerprint density at radius 2 is 2.00 bits per heavy atom. The number of carbonyl (C=O) groups is 2. The van der Waals surface area contributed by atoms with Gasteiger partial charge in [0.15, 0.2) is 0 Å². The average molecular weight is 366 g/mol. The Hall–Kier alpha value is -2.69. The number of pyridine rings is 1. The summed E-state index contributed by atoms with van der Waals surface area (Å²) in [6, 6.07) is 10.8. The Balaban J connectivity index is 1.64. The van der Waals surface area contributed by atoms with Crippen LogP contribution in [0, 0.1) is 11.3 Å². The largest absolute Gasteiger partial charge is 0.478 e. The van der Waals surface area contributed by atoms with Gasteiger partial charge in [-0.05, 0) is 42.5 Å². The van der Waals surface area contributed by atoms with Crippen molar-refractivity contribution in [1.29, 1.82) is 0 Å². The molecule has 2 aromatic rings. The number of nitrogens with zero attached hydrogens (tertiary/aromatic N) is 2. The Bertz CT molecular complexity index is 837. The molecule has 1 amide bonds. The molecular formula is C22H26N2O3. The van der Waals surface area contributed by atoms with Crippen LogP contribution in [0.4, 0.5) is 0 Å². The summed E-state index contributed by atoms with van der Waals surface area (Å²) in [6.07, 6.45) is 3.78. The Labute approximate surface area is 160 Å². The summed E-state index contributed by atoms with van der Waals surface area (Å²) >= 11 is 0. The minimum absolute atomic E-state index is 0.219. The number of amides is 1. The molecule has 1 aliphatic heterocycles. The molecule has 2 heterocycles. The van der Waals surface area contributed by atoms with Crippen molar-refractivity contribution in [3.8, 4) is 11.3 Å². The van der Waals surface area contributed by atoms with Crippen LogP contribution in [-0.4, -0.2) is 40.0 Å². The van der Waals surface area contributed by atoms with Crippen LogP contribution >= 0.6 is 0 Å². The maximum Gasteiger partial charge on any atom is 0.335 e. The number of hydrogen-bond donors (Lipinski definition) is 1. The van der Waals surface area contributed by atoms with Crippen molar-refractivity contribution in [3.63, 3.8) is 0 Å². The molecule has 0 spiro atoms. The molecule has 5 heteroatoms. The fraction of sp³-hybridized carbons (Fsp3) is 0.409. The average Bonchev–Trinajstić information content (AvgIpc) is 3.09. The molecule has 1 aliphatic rings. The zero-order valence-electron chi connectivity index (χ0n) is 16.1. The highest BCUT2D eigenvalue weighted by atomic mass is 16.4. The molecule has 1 N–H and O–H groups in total. The molecule has 1 atom stereocenters.